The quantitative estimate of drug-likeness (QED) is 0.192. The molecular weight excluding hydrogens is 479 g/mol. The lowest BCUT2D eigenvalue weighted by atomic mass is 9.99. The van der Waals surface area contributed by atoms with Gasteiger partial charge < -0.3 is 21.9 Å². The Hall–Kier alpha value is -3.16. The molecule has 0 fully saturated rings. The zero-order valence-corrected chi connectivity index (χ0v) is 22.3. The van der Waals surface area contributed by atoms with Crippen LogP contribution in [0.5, 0.6) is 5.75 Å². The number of nitrogens with two attached hydrogens (primary N) is 2. The summed E-state index contributed by atoms with van der Waals surface area (Å²) in [5.41, 5.74) is 12.3. The molecule has 5 nitrogen and oxygen atoms in total. The molecule has 2 aromatic rings. The van der Waals surface area contributed by atoms with E-state index in [-0.39, 0.29) is 11.3 Å². The molecule has 6 N–H and O–H groups in total. The van der Waals surface area contributed by atoms with Gasteiger partial charge in [0.25, 0.3) is 5.91 Å². The first-order chi connectivity index (χ1) is 17.6. The Morgan fingerprint density at radius 1 is 0.973 bits per heavy atom. The minimum Gasteiger partial charge on any atom is -0.507 e. The van der Waals surface area contributed by atoms with Crippen molar-refractivity contribution in [3.63, 3.8) is 0 Å². The fourth-order valence-corrected chi connectivity index (χ4v) is 3.92. The molecule has 0 heterocycles. The second-order valence-electron chi connectivity index (χ2n) is 8.71. The van der Waals surface area contributed by atoms with Crippen molar-refractivity contribution in [1.82, 2.24) is 0 Å². The highest BCUT2D eigenvalue weighted by molar-refractivity contribution is 5.96. The maximum Gasteiger partial charge on any atom is 0.416 e. The van der Waals surface area contributed by atoms with Gasteiger partial charge in [0, 0.05) is 17.9 Å². The molecule has 0 radical (unpaired) electrons. The van der Waals surface area contributed by atoms with E-state index in [1.807, 2.05) is 13.8 Å². The van der Waals surface area contributed by atoms with Crippen LogP contribution in [-0.4, -0.2) is 17.6 Å². The number of phenols is 1. The number of hydrogen-bond donors (Lipinski definition) is 4. The van der Waals surface area contributed by atoms with Crippen molar-refractivity contribution in [2.45, 2.75) is 84.7 Å². The predicted molar refractivity (Wildman–Crippen MR) is 146 cm³/mol. The Morgan fingerprint density at radius 2 is 1.62 bits per heavy atom. The minimum absolute atomic E-state index is 0.0340. The van der Waals surface area contributed by atoms with Gasteiger partial charge in [0.05, 0.1) is 11.1 Å². The van der Waals surface area contributed by atoms with E-state index in [0.29, 0.717) is 41.9 Å². The van der Waals surface area contributed by atoms with Crippen LogP contribution in [0, 0.1) is 0 Å². The van der Waals surface area contributed by atoms with Crippen LogP contribution in [0.2, 0.25) is 0 Å². The van der Waals surface area contributed by atoms with E-state index < -0.39 is 17.6 Å². The van der Waals surface area contributed by atoms with Crippen LogP contribution in [-0.2, 0) is 12.6 Å². The number of hydrogen-bond acceptors (Lipinski definition) is 4. The topological polar surface area (TPSA) is 101 Å². The number of amides is 1. The highest BCUT2D eigenvalue weighted by atomic mass is 19.4. The first-order valence-corrected chi connectivity index (χ1v) is 13.2. The Balaban J connectivity index is 0.00000334. The van der Waals surface area contributed by atoms with Crippen molar-refractivity contribution in [2.75, 3.05) is 11.9 Å². The molecule has 0 aliphatic heterocycles. The third-order valence-corrected chi connectivity index (χ3v) is 5.90. The largest absolute Gasteiger partial charge is 0.507 e. The molecule has 206 valence electrons. The maximum atomic E-state index is 13.6. The van der Waals surface area contributed by atoms with Crippen molar-refractivity contribution in [2.24, 2.45) is 11.5 Å². The summed E-state index contributed by atoms with van der Waals surface area (Å²) in [6, 6.07) is 8.70. The lowest BCUT2D eigenvalue weighted by molar-refractivity contribution is -0.138. The van der Waals surface area contributed by atoms with Crippen LogP contribution in [0.4, 0.5) is 18.9 Å². The van der Waals surface area contributed by atoms with Crippen molar-refractivity contribution >= 4 is 17.3 Å². The fourth-order valence-electron chi connectivity index (χ4n) is 3.92. The van der Waals surface area contributed by atoms with Gasteiger partial charge in [-0.05, 0) is 60.7 Å². The van der Waals surface area contributed by atoms with Gasteiger partial charge in [-0.25, -0.2) is 0 Å². The smallest absolute Gasteiger partial charge is 0.416 e. The molecule has 37 heavy (non-hydrogen) atoms. The van der Waals surface area contributed by atoms with Crippen LogP contribution in [0.25, 0.3) is 5.70 Å². The lowest BCUT2D eigenvalue weighted by Crippen LogP contribution is -2.12. The number of halogens is 3. The fraction of sp³-hybridized carbons (Fsp3) is 0.483. The molecule has 2 aromatic carbocycles. The van der Waals surface area contributed by atoms with E-state index in [9.17, 15) is 23.1 Å². The van der Waals surface area contributed by atoms with Crippen LogP contribution in [0.1, 0.15) is 99.2 Å². The highest BCUT2D eigenvalue weighted by Gasteiger charge is 2.33. The summed E-state index contributed by atoms with van der Waals surface area (Å²) < 4.78 is 40.9. The predicted octanol–water partition coefficient (Wildman–Crippen LogP) is 7.63. The normalized spacial score (nSPS) is 11.6. The molecule has 8 heteroatoms. The molecule has 1 amide bonds. The average Bonchev–Trinajstić information content (AvgIpc) is 2.87. The van der Waals surface area contributed by atoms with Crippen molar-refractivity contribution in [1.29, 1.82) is 0 Å². The number of carbonyl (C=O) groups is 1. The second kappa shape index (κ2) is 16.6. The SMILES string of the molecule is CC.CCCCCCCCCc1ccc(NCC/C=C(\N)c2ccc(O)c(C(N)=O)c2)cc1C(F)(F)F. The minimum atomic E-state index is -4.41. The van der Waals surface area contributed by atoms with Crippen molar-refractivity contribution in [3.8, 4) is 5.75 Å². The van der Waals surface area contributed by atoms with E-state index >= 15 is 0 Å². The summed E-state index contributed by atoms with van der Waals surface area (Å²) in [4.78, 5) is 11.4. The molecule has 0 saturated carbocycles. The van der Waals surface area contributed by atoms with Gasteiger partial charge in [0.2, 0.25) is 0 Å². The van der Waals surface area contributed by atoms with Gasteiger partial charge in [-0.2, -0.15) is 13.2 Å². The summed E-state index contributed by atoms with van der Waals surface area (Å²) in [6.07, 6.45) is 5.62. The van der Waals surface area contributed by atoms with Gasteiger partial charge in [0.15, 0.2) is 0 Å². The van der Waals surface area contributed by atoms with E-state index in [0.717, 1.165) is 25.7 Å². The molecule has 2 rings (SSSR count). The van der Waals surface area contributed by atoms with E-state index in [2.05, 4.69) is 12.2 Å². The third-order valence-electron chi connectivity index (χ3n) is 5.90. The number of nitrogens with one attached hydrogen (secondary N) is 1. The Labute approximate surface area is 219 Å². The summed E-state index contributed by atoms with van der Waals surface area (Å²) >= 11 is 0. The molecule has 0 atom stereocenters. The maximum absolute atomic E-state index is 13.6. The molecule has 0 aromatic heterocycles. The molecule has 0 spiro atoms. The molecule has 0 aliphatic carbocycles. The summed E-state index contributed by atoms with van der Waals surface area (Å²) in [5.74, 6) is -0.999. The summed E-state index contributed by atoms with van der Waals surface area (Å²) in [5, 5.41) is 12.7. The van der Waals surface area contributed by atoms with Crippen LogP contribution in [0.3, 0.4) is 0 Å². The number of anilines is 1. The second-order valence-corrected chi connectivity index (χ2v) is 8.71. The number of rotatable bonds is 14. The Bertz CT molecular complexity index is 1000. The molecule has 0 saturated heterocycles. The van der Waals surface area contributed by atoms with Gasteiger partial charge in [0.1, 0.15) is 5.75 Å². The highest BCUT2D eigenvalue weighted by Crippen LogP contribution is 2.34. The zero-order valence-electron chi connectivity index (χ0n) is 22.3. The van der Waals surface area contributed by atoms with Gasteiger partial charge in [-0.3, -0.25) is 4.79 Å². The average molecular weight is 522 g/mol. The summed E-state index contributed by atoms with van der Waals surface area (Å²) in [6.45, 7) is 6.53. The molecular formula is C29H42F3N3O2. The van der Waals surface area contributed by atoms with Crippen LogP contribution in [0.15, 0.2) is 42.5 Å². The first-order valence-electron chi connectivity index (χ1n) is 13.2. The standard InChI is InChI=1S/C27H36F3N3O2.C2H6/c1-2-3-4-5-6-7-8-10-19-12-14-21(18-23(19)27(28,29)30)33-16-9-11-24(31)20-13-15-25(34)22(17-20)26(32)35;1-2/h11-15,17-18,33-34H,2-10,16,31H2,1H3,(H2,32,35);1-2H3/b24-11-;. The molecule has 0 bridgehead atoms. The number of aromatic hydroxyl groups is 1. The number of benzene rings is 2. The number of carbonyl (C=O) groups excluding carboxylic acids is 1. The van der Waals surface area contributed by atoms with Gasteiger partial charge >= 0.3 is 6.18 Å². The molecule has 0 unspecified atom stereocenters. The number of unbranched alkanes of at least 4 members (excludes halogenated alkanes) is 6. The van der Waals surface area contributed by atoms with E-state index in [1.54, 1.807) is 24.3 Å². The summed E-state index contributed by atoms with van der Waals surface area (Å²) in [7, 11) is 0. The number of aryl methyl sites for hydroxylation is 1. The van der Waals surface area contributed by atoms with Crippen LogP contribution < -0.4 is 16.8 Å². The van der Waals surface area contributed by atoms with Crippen molar-refractivity contribution < 1.29 is 23.1 Å². The van der Waals surface area contributed by atoms with Gasteiger partial charge in [-0.1, -0.05) is 71.4 Å². The van der Waals surface area contributed by atoms with E-state index in [1.165, 1.54) is 37.5 Å². The monoisotopic (exact) mass is 521 g/mol. The molecule has 0 aliphatic rings. The van der Waals surface area contributed by atoms with Gasteiger partial charge in [-0.15, -0.1) is 0 Å². The lowest BCUT2D eigenvalue weighted by Gasteiger charge is -2.15. The van der Waals surface area contributed by atoms with Crippen molar-refractivity contribution in [3.05, 3.63) is 64.7 Å². The third kappa shape index (κ3) is 11.2. The van der Waals surface area contributed by atoms with E-state index in [4.69, 9.17) is 11.5 Å². The Kier molecular flexibility index (Phi) is 14.3. The Morgan fingerprint density at radius 3 is 2.24 bits per heavy atom. The number of alkyl halides is 3. The number of primary amides is 1. The first kappa shape index (κ1) is 31.9. The van der Waals surface area contributed by atoms with Crippen LogP contribution >= 0.6 is 0 Å². The zero-order chi connectivity index (χ0) is 27.8.